The van der Waals surface area contributed by atoms with Gasteiger partial charge in [0.2, 0.25) is 0 Å². The molecule has 1 aromatic rings. The molecular formula is C25H33N. The van der Waals surface area contributed by atoms with Crippen molar-refractivity contribution >= 4 is 5.57 Å². The molecule has 1 N–H and O–H groups in total. The second-order valence-corrected chi connectivity index (χ2v) is 8.75. The molecule has 0 bridgehead atoms. The van der Waals surface area contributed by atoms with E-state index in [-0.39, 0.29) is 10.8 Å². The van der Waals surface area contributed by atoms with Crippen LogP contribution in [0.4, 0.5) is 0 Å². The topological polar surface area (TPSA) is 12.0 Å². The summed E-state index contributed by atoms with van der Waals surface area (Å²) in [5.74, 6) is 0. The Morgan fingerprint density at radius 1 is 1.19 bits per heavy atom. The number of nitrogens with one attached hydrogen (secondary N) is 1. The maximum Gasteiger partial charge on any atom is 0.0390 e. The van der Waals surface area contributed by atoms with Crippen LogP contribution in [0.25, 0.3) is 5.57 Å². The van der Waals surface area contributed by atoms with Gasteiger partial charge >= 0.3 is 0 Å². The Morgan fingerprint density at radius 2 is 1.81 bits per heavy atom. The highest BCUT2D eigenvalue weighted by molar-refractivity contribution is 5.82. The lowest BCUT2D eigenvalue weighted by molar-refractivity contribution is 0.324. The van der Waals surface area contributed by atoms with Crippen LogP contribution < -0.4 is 5.32 Å². The van der Waals surface area contributed by atoms with Gasteiger partial charge in [0.15, 0.2) is 0 Å². The van der Waals surface area contributed by atoms with Gasteiger partial charge in [-0.25, -0.2) is 0 Å². The van der Waals surface area contributed by atoms with Crippen LogP contribution in [0.15, 0.2) is 79.2 Å². The first-order valence-corrected chi connectivity index (χ1v) is 9.29. The second kappa shape index (κ2) is 7.15. The van der Waals surface area contributed by atoms with Crippen LogP contribution in [0.2, 0.25) is 0 Å². The fourth-order valence-corrected chi connectivity index (χ4v) is 3.72. The van der Waals surface area contributed by atoms with E-state index in [1.165, 1.54) is 16.7 Å². The Morgan fingerprint density at radius 3 is 2.38 bits per heavy atom. The van der Waals surface area contributed by atoms with Crippen molar-refractivity contribution < 1.29 is 0 Å². The molecule has 1 aromatic carbocycles. The lowest BCUT2D eigenvalue weighted by Crippen LogP contribution is -2.33. The molecule has 1 heteroatoms. The smallest absolute Gasteiger partial charge is 0.0390 e. The lowest BCUT2D eigenvalue weighted by Gasteiger charge is -2.42. The number of rotatable bonds is 6. The van der Waals surface area contributed by atoms with Crippen molar-refractivity contribution in [3.8, 4) is 0 Å². The van der Waals surface area contributed by atoms with Gasteiger partial charge in [-0.05, 0) is 53.5 Å². The highest BCUT2D eigenvalue weighted by Crippen LogP contribution is 2.50. The summed E-state index contributed by atoms with van der Waals surface area (Å²) in [6, 6.07) is 8.70. The average Bonchev–Trinajstić information content (AvgIpc) is 2.57. The molecule has 138 valence electrons. The second-order valence-electron chi connectivity index (χ2n) is 8.75. The largest absolute Gasteiger partial charge is 0.356 e. The SMILES string of the molecule is C=CC(=C)NC(=C)C1=C(C)c2ccccc2[C@@](C)(CCC(C)(C)C)C1=C. The molecule has 0 aliphatic heterocycles. The van der Waals surface area contributed by atoms with Crippen molar-refractivity contribution in [2.45, 2.75) is 52.9 Å². The van der Waals surface area contributed by atoms with E-state index >= 15 is 0 Å². The Hall–Kier alpha value is -2.28. The molecule has 0 fully saturated rings. The maximum absolute atomic E-state index is 4.54. The van der Waals surface area contributed by atoms with Gasteiger partial charge < -0.3 is 5.32 Å². The number of hydrogen-bond donors (Lipinski definition) is 1. The molecule has 0 saturated carbocycles. The van der Waals surface area contributed by atoms with E-state index in [4.69, 9.17) is 0 Å². The molecule has 0 spiro atoms. The summed E-state index contributed by atoms with van der Waals surface area (Å²) in [5.41, 5.74) is 7.88. The summed E-state index contributed by atoms with van der Waals surface area (Å²) in [6.45, 7) is 27.9. The van der Waals surface area contributed by atoms with E-state index in [1.807, 2.05) is 0 Å². The first kappa shape index (κ1) is 20.0. The van der Waals surface area contributed by atoms with Gasteiger partial charge in [0.25, 0.3) is 0 Å². The summed E-state index contributed by atoms with van der Waals surface area (Å²) in [6.07, 6.45) is 3.89. The summed E-state index contributed by atoms with van der Waals surface area (Å²) < 4.78 is 0. The predicted octanol–water partition coefficient (Wildman–Crippen LogP) is 6.92. The Labute approximate surface area is 159 Å². The molecule has 1 atom stereocenters. The van der Waals surface area contributed by atoms with Crippen molar-refractivity contribution in [2.75, 3.05) is 0 Å². The molecule has 0 unspecified atom stereocenters. The van der Waals surface area contributed by atoms with Gasteiger partial charge in [-0.15, -0.1) is 0 Å². The highest BCUT2D eigenvalue weighted by Gasteiger charge is 2.39. The zero-order valence-electron chi connectivity index (χ0n) is 17.1. The van der Waals surface area contributed by atoms with Crippen molar-refractivity contribution in [2.24, 2.45) is 5.41 Å². The zero-order valence-corrected chi connectivity index (χ0v) is 17.1. The van der Waals surface area contributed by atoms with E-state index in [2.05, 4.69) is 90.5 Å². The average molecular weight is 348 g/mol. The molecule has 1 aliphatic carbocycles. The minimum absolute atomic E-state index is 0.112. The molecular weight excluding hydrogens is 314 g/mol. The fourth-order valence-electron chi connectivity index (χ4n) is 3.72. The number of benzene rings is 1. The Bertz CT molecular complexity index is 798. The maximum atomic E-state index is 4.54. The van der Waals surface area contributed by atoms with Gasteiger partial charge in [0.1, 0.15) is 0 Å². The van der Waals surface area contributed by atoms with E-state index in [0.717, 1.165) is 35.4 Å². The summed E-state index contributed by atoms with van der Waals surface area (Å²) >= 11 is 0. The third-order valence-corrected chi connectivity index (χ3v) is 5.50. The minimum atomic E-state index is -0.112. The van der Waals surface area contributed by atoms with Crippen LogP contribution in [0, 0.1) is 5.41 Å². The van der Waals surface area contributed by atoms with Crippen molar-refractivity contribution in [3.63, 3.8) is 0 Å². The molecule has 0 amide bonds. The van der Waals surface area contributed by atoms with Crippen molar-refractivity contribution in [1.29, 1.82) is 0 Å². The lowest BCUT2D eigenvalue weighted by atomic mass is 9.62. The summed E-state index contributed by atoms with van der Waals surface area (Å²) in [7, 11) is 0. The van der Waals surface area contributed by atoms with Crippen molar-refractivity contribution in [3.05, 3.63) is 90.3 Å². The summed E-state index contributed by atoms with van der Waals surface area (Å²) in [5, 5.41) is 3.28. The Balaban J connectivity index is 2.57. The van der Waals surface area contributed by atoms with Gasteiger partial charge in [0.05, 0.1) is 0 Å². The van der Waals surface area contributed by atoms with E-state index < -0.39 is 0 Å². The zero-order chi connectivity index (χ0) is 19.7. The van der Waals surface area contributed by atoms with Crippen LogP contribution in [0.1, 0.15) is 58.6 Å². The molecule has 1 aliphatic rings. The Kier molecular flexibility index (Phi) is 5.51. The monoisotopic (exact) mass is 347 g/mol. The summed E-state index contributed by atoms with van der Waals surface area (Å²) in [4.78, 5) is 0. The van der Waals surface area contributed by atoms with Crippen molar-refractivity contribution in [1.82, 2.24) is 5.32 Å². The molecule has 26 heavy (non-hydrogen) atoms. The fraction of sp³-hybridized carbons (Fsp3) is 0.360. The number of allylic oxidation sites excluding steroid dienone is 3. The molecule has 0 aromatic heterocycles. The molecule has 2 rings (SSSR count). The minimum Gasteiger partial charge on any atom is -0.356 e. The van der Waals surface area contributed by atoms with Crippen LogP contribution in [-0.4, -0.2) is 0 Å². The van der Waals surface area contributed by atoms with Gasteiger partial charge in [-0.3, -0.25) is 0 Å². The highest BCUT2D eigenvalue weighted by atomic mass is 14.9. The molecule has 0 heterocycles. The van der Waals surface area contributed by atoms with Crippen LogP contribution in [0.3, 0.4) is 0 Å². The van der Waals surface area contributed by atoms with E-state index in [9.17, 15) is 0 Å². The number of hydrogen-bond acceptors (Lipinski definition) is 1. The van der Waals surface area contributed by atoms with E-state index in [1.54, 1.807) is 6.08 Å². The first-order valence-electron chi connectivity index (χ1n) is 9.29. The quantitative estimate of drug-likeness (QED) is 0.551. The molecule has 1 nitrogen and oxygen atoms in total. The predicted molar refractivity (Wildman–Crippen MR) is 116 cm³/mol. The van der Waals surface area contributed by atoms with Crippen LogP contribution >= 0.6 is 0 Å². The first-order chi connectivity index (χ1) is 12.0. The van der Waals surface area contributed by atoms with Gasteiger partial charge in [-0.2, -0.15) is 0 Å². The van der Waals surface area contributed by atoms with Crippen LogP contribution in [-0.2, 0) is 5.41 Å². The van der Waals surface area contributed by atoms with Gasteiger partial charge in [0, 0.05) is 22.4 Å². The third kappa shape index (κ3) is 3.77. The molecule has 0 saturated heterocycles. The van der Waals surface area contributed by atoms with Crippen LogP contribution in [0.5, 0.6) is 0 Å². The van der Waals surface area contributed by atoms with Gasteiger partial charge in [-0.1, -0.05) is 78.3 Å². The number of fused-ring (bicyclic) bond motifs is 1. The normalized spacial score (nSPS) is 19.8. The van der Waals surface area contributed by atoms with E-state index in [0.29, 0.717) is 0 Å². The third-order valence-electron chi connectivity index (χ3n) is 5.50. The molecule has 0 radical (unpaired) electrons. The standard InChI is InChI=1S/C25H33N/c1-10-17(2)26-20(5)23-18(3)21-13-11-12-14-22(21)25(9,19(23)4)16-15-24(6,7)8/h10-14,26H,1-2,4-5,15-16H2,3,6-9H3/t25-/m0/s1.